The lowest BCUT2D eigenvalue weighted by Crippen LogP contribution is -2.57. The van der Waals surface area contributed by atoms with Crippen LogP contribution >= 0.6 is 0 Å². The van der Waals surface area contributed by atoms with Crippen LogP contribution in [0.5, 0.6) is 0 Å². The van der Waals surface area contributed by atoms with Gasteiger partial charge in [0.1, 0.15) is 0 Å². The van der Waals surface area contributed by atoms with E-state index in [2.05, 4.69) is 27.7 Å². The van der Waals surface area contributed by atoms with Crippen molar-refractivity contribution >= 4 is 5.97 Å². The molecule has 1 saturated heterocycles. The van der Waals surface area contributed by atoms with Crippen LogP contribution in [0.15, 0.2) is 0 Å². The average Bonchev–Trinajstić information content (AvgIpc) is 3.00. The van der Waals surface area contributed by atoms with Crippen molar-refractivity contribution in [3.8, 4) is 0 Å². The van der Waals surface area contributed by atoms with Gasteiger partial charge in [0, 0.05) is 5.92 Å². The fourth-order valence-electron chi connectivity index (χ4n) is 10.9. The topological polar surface area (TPSA) is 46.5 Å². The Balaban J connectivity index is 1.35. The Kier molecular flexibility index (Phi) is 3.58. The number of rotatable bonds is 1. The minimum atomic E-state index is -0.118. The molecule has 5 saturated carbocycles. The second kappa shape index (κ2) is 5.43. The molecule has 1 aliphatic heterocycles. The zero-order chi connectivity index (χ0) is 20.4. The number of carbonyl (C=O) groups is 1. The lowest BCUT2D eigenvalue weighted by molar-refractivity contribution is -0.161. The Hall–Kier alpha value is -0.570. The molecule has 0 amide bonds. The molecule has 1 N–H and O–H groups in total. The first kappa shape index (κ1) is 19.1. The van der Waals surface area contributed by atoms with Gasteiger partial charge in [-0.15, -0.1) is 0 Å². The molecule has 1 heterocycles. The third kappa shape index (κ3) is 1.99. The lowest BCUT2D eigenvalue weighted by Gasteiger charge is -2.63. The van der Waals surface area contributed by atoms with E-state index in [9.17, 15) is 9.90 Å². The molecule has 6 fully saturated rings. The molecular weight excluding hydrogens is 360 g/mol. The van der Waals surface area contributed by atoms with Gasteiger partial charge >= 0.3 is 5.97 Å². The lowest BCUT2D eigenvalue weighted by atomic mass is 9.41. The van der Waals surface area contributed by atoms with Crippen molar-refractivity contribution in [1.82, 2.24) is 0 Å². The van der Waals surface area contributed by atoms with Crippen LogP contribution < -0.4 is 0 Å². The molecule has 162 valence electrons. The van der Waals surface area contributed by atoms with Gasteiger partial charge in [-0.05, 0) is 103 Å². The fraction of sp³-hybridized carbons (Fsp3) is 0.962. The highest BCUT2D eigenvalue weighted by molar-refractivity contribution is 5.71. The molecule has 0 bridgehead atoms. The van der Waals surface area contributed by atoms with Crippen LogP contribution in [0.1, 0.15) is 91.9 Å². The van der Waals surface area contributed by atoms with Gasteiger partial charge in [-0.25, -0.2) is 0 Å². The van der Waals surface area contributed by atoms with Crippen molar-refractivity contribution in [2.45, 2.75) is 98.0 Å². The number of hydrogen-bond donors (Lipinski definition) is 1. The Bertz CT molecular complexity index is 759. The van der Waals surface area contributed by atoms with E-state index in [1.165, 1.54) is 51.4 Å². The van der Waals surface area contributed by atoms with Crippen molar-refractivity contribution in [3.05, 3.63) is 0 Å². The average molecular weight is 401 g/mol. The summed E-state index contributed by atoms with van der Waals surface area (Å²) in [6, 6.07) is 0. The van der Waals surface area contributed by atoms with Crippen LogP contribution in [0.4, 0.5) is 0 Å². The fourth-order valence-corrected chi connectivity index (χ4v) is 10.9. The van der Waals surface area contributed by atoms with E-state index in [0.29, 0.717) is 52.4 Å². The quantitative estimate of drug-likeness (QED) is 0.604. The first-order valence-electron chi connectivity index (χ1n) is 12.4. The van der Waals surface area contributed by atoms with E-state index in [1.54, 1.807) is 0 Å². The Morgan fingerprint density at radius 1 is 0.862 bits per heavy atom. The van der Waals surface area contributed by atoms with Gasteiger partial charge in [0.25, 0.3) is 0 Å². The maximum atomic E-state index is 11.8. The Morgan fingerprint density at radius 2 is 1.59 bits per heavy atom. The standard InChI is InChI=1S/C26H40O3/c1-22(2)18-5-6-19-24(4)9-7-17(16-13-21(28)29-14-16)23(24,3)11-12-26(19)15-25(18,26)10-8-20(22)27/h16-20,27H,5-15H2,1-4H3. The zero-order valence-electron chi connectivity index (χ0n) is 18.9. The molecule has 0 radical (unpaired) electrons. The number of hydrogen-bond acceptors (Lipinski definition) is 3. The molecule has 5 aliphatic carbocycles. The van der Waals surface area contributed by atoms with Gasteiger partial charge in [-0.1, -0.05) is 27.7 Å². The number of aliphatic hydroxyl groups excluding tert-OH is 1. The highest BCUT2D eigenvalue weighted by atomic mass is 16.5. The maximum Gasteiger partial charge on any atom is 0.306 e. The summed E-state index contributed by atoms with van der Waals surface area (Å²) in [5, 5.41) is 10.8. The smallest absolute Gasteiger partial charge is 0.306 e. The van der Waals surface area contributed by atoms with Gasteiger partial charge in [-0.2, -0.15) is 0 Å². The molecular formula is C26H40O3. The Morgan fingerprint density at radius 3 is 2.31 bits per heavy atom. The van der Waals surface area contributed by atoms with Gasteiger partial charge in [0.05, 0.1) is 19.1 Å². The maximum absolute atomic E-state index is 11.8. The van der Waals surface area contributed by atoms with Crippen LogP contribution in [0.3, 0.4) is 0 Å². The number of fused-ring (bicyclic) bond motifs is 2. The Labute approximate surface area is 176 Å². The monoisotopic (exact) mass is 400 g/mol. The molecule has 0 aromatic rings. The van der Waals surface area contributed by atoms with Crippen LogP contribution in [-0.4, -0.2) is 23.8 Å². The van der Waals surface area contributed by atoms with Gasteiger partial charge < -0.3 is 9.84 Å². The summed E-state index contributed by atoms with van der Waals surface area (Å²) in [5.41, 5.74) is 1.93. The normalized spacial score (nSPS) is 59.9. The van der Waals surface area contributed by atoms with E-state index >= 15 is 0 Å². The van der Waals surface area contributed by atoms with Gasteiger partial charge in [0.15, 0.2) is 0 Å². The molecule has 3 nitrogen and oxygen atoms in total. The SMILES string of the molecule is CC1(C)C(O)CCC23CC24CCC2(C)C(C5COC(=O)C5)CCC2(C)C4CCC13. The third-order valence-corrected chi connectivity index (χ3v) is 12.6. The zero-order valence-corrected chi connectivity index (χ0v) is 18.9. The van der Waals surface area contributed by atoms with E-state index in [1.807, 2.05) is 0 Å². The van der Waals surface area contributed by atoms with Gasteiger partial charge in [0.2, 0.25) is 0 Å². The summed E-state index contributed by atoms with van der Waals surface area (Å²) >= 11 is 0. The first-order chi connectivity index (χ1) is 13.6. The predicted octanol–water partition coefficient (Wildman–Crippen LogP) is 5.35. The number of ether oxygens (including phenoxy) is 1. The van der Waals surface area contributed by atoms with Crippen LogP contribution in [-0.2, 0) is 9.53 Å². The van der Waals surface area contributed by atoms with Crippen LogP contribution in [0.25, 0.3) is 0 Å². The minimum absolute atomic E-state index is 0.0316. The summed E-state index contributed by atoms with van der Waals surface area (Å²) < 4.78 is 5.41. The molecule has 0 aromatic heterocycles. The summed E-state index contributed by atoms with van der Waals surface area (Å²) in [6.45, 7) is 10.6. The van der Waals surface area contributed by atoms with Crippen LogP contribution in [0, 0.1) is 50.7 Å². The number of cyclic esters (lactones) is 1. The van der Waals surface area contributed by atoms with Crippen molar-refractivity contribution in [2.75, 3.05) is 6.61 Å². The van der Waals surface area contributed by atoms with Crippen LogP contribution in [0.2, 0.25) is 0 Å². The highest BCUT2D eigenvalue weighted by Crippen LogP contribution is 2.89. The highest BCUT2D eigenvalue weighted by Gasteiger charge is 2.82. The third-order valence-electron chi connectivity index (χ3n) is 12.6. The molecule has 6 rings (SSSR count). The van der Waals surface area contributed by atoms with E-state index in [0.717, 1.165) is 12.3 Å². The number of carbonyl (C=O) groups excluding carboxylic acids is 1. The van der Waals surface area contributed by atoms with E-state index < -0.39 is 0 Å². The van der Waals surface area contributed by atoms with Crippen molar-refractivity contribution < 1.29 is 14.6 Å². The van der Waals surface area contributed by atoms with E-state index in [-0.39, 0.29) is 17.5 Å². The molecule has 0 aromatic carbocycles. The van der Waals surface area contributed by atoms with E-state index in [4.69, 9.17) is 4.74 Å². The molecule has 9 atom stereocenters. The summed E-state index contributed by atoms with van der Waals surface area (Å²) in [7, 11) is 0. The summed E-state index contributed by atoms with van der Waals surface area (Å²) in [5.74, 6) is 2.70. The second-order valence-corrected chi connectivity index (χ2v) is 13.2. The number of aliphatic hydroxyl groups is 1. The molecule has 2 spiro atoms. The first-order valence-corrected chi connectivity index (χ1v) is 12.4. The predicted molar refractivity (Wildman–Crippen MR) is 112 cm³/mol. The van der Waals surface area contributed by atoms with Crippen molar-refractivity contribution in [2.24, 2.45) is 50.7 Å². The van der Waals surface area contributed by atoms with Gasteiger partial charge in [-0.3, -0.25) is 4.79 Å². The summed E-state index contributed by atoms with van der Waals surface area (Å²) in [6.07, 6.45) is 12.3. The molecule has 3 heteroatoms. The van der Waals surface area contributed by atoms with Crippen molar-refractivity contribution in [1.29, 1.82) is 0 Å². The summed E-state index contributed by atoms with van der Waals surface area (Å²) in [4.78, 5) is 11.8. The second-order valence-electron chi connectivity index (χ2n) is 13.2. The molecule has 29 heavy (non-hydrogen) atoms. The molecule has 9 unspecified atom stereocenters. The number of esters is 1. The minimum Gasteiger partial charge on any atom is -0.465 e. The largest absolute Gasteiger partial charge is 0.465 e. The molecule has 6 aliphatic rings. The van der Waals surface area contributed by atoms with Crippen molar-refractivity contribution in [3.63, 3.8) is 0 Å².